The number of rotatable bonds is 6. The number of carboxylic acid groups (broad SMARTS) is 1. The smallest absolute Gasteiger partial charge is 0.327 e. The van der Waals surface area contributed by atoms with Gasteiger partial charge in [-0.2, -0.15) is 0 Å². The Kier molecular flexibility index (Phi) is 5.91. The minimum absolute atomic E-state index is 0.0270. The van der Waals surface area contributed by atoms with Gasteiger partial charge in [-0.3, -0.25) is 19.8 Å². The van der Waals surface area contributed by atoms with Gasteiger partial charge >= 0.3 is 5.97 Å². The van der Waals surface area contributed by atoms with Gasteiger partial charge in [0, 0.05) is 10.9 Å². The number of allylic oxidation sites excluding steroid dienone is 2. The van der Waals surface area contributed by atoms with Gasteiger partial charge in [-0.1, -0.05) is 12.1 Å². The first-order chi connectivity index (χ1) is 16.0. The number of hydrazine groups is 2. The number of carbonyl (C=O) groups excluding carboxylic acids is 3. The molecular weight excluding hydrogens is 464 g/mol. The largest absolute Gasteiger partial charge is 0.508 e. The fraction of sp³-hybridized carbons (Fsp3) is 0.333. The minimum atomic E-state index is -1.22. The second-order valence-corrected chi connectivity index (χ2v) is 10.3. The quantitative estimate of drug-likeness (QED) is 0.221. The van der Waals surface area contributed by atoms with E-state index in [4.69, 9.17) is 5.84 Å². The van der Waals surface area contributed by atoms with Gasteiger partial charge in [0.25, 0.3) is 5.91 Å². The third kappa shape index (κ3) is 4.03. The van der Waals surface area contributed by atoms with Crippen molar-refractivity contribution in [3.8, 4) is 5.75 Å². The Balaban J connectivity index is 1.55. The first kappa shape index (κ1) is 23.4. The summed E-state index contributed by atoms with van der Waals surface area (Å²) in [6.45, 7) is 3.47. The molecule has 1 unspecified atom stereocenters. The Labute approximate surface area is 198 Å². The topological polar surface area (TPSA) is 177 Å². The summed E-state index contributed by atoms with van der Waals surface area (Å²) >= 11 is 1.30. The normalized spacial score (nSPS) is 25.4. The van der Waals surface area contributed by atoms with Crippen LogP contribution in [0.5, 0.6) is 5.75 Å². The maximum absolute atomic E-state index is 13.3. The van der Waals surface area contributed by atoms with Gasteiger partial charge in [0.1, 0.15) is 34.9 Å². The van der Waals surface area contributed by atoms with Crippen molar-refractivity contribution in [3.63, 3.8) is 0 Å². The molecule has 7 N–H and O–H groups in total. The molecule has 3 amide bonds. The SMILES string of the molecule is CC1(C)S[C@@H]2[C@H](NC(=O)C(NC(=O)C3=CC=CNN3N)c3ccc(O)cc3)C(=O)N2[C@H]1C(=O)O. The van der Waals surface area contributed by atoms with Crippen molar-refractivity contribution in [2.24, 2.45) is 5.84 Å². The van der Waals surface area contributed by atoms with Crippen molar-refractivity contribution in [3.05, 3.63) is 53.9 Å². The molecule has 12 nitrogen and oxygen atoms in total. The number of nitrogens with two attached hydrogens (primary N) is 1. The molecule has 13 heteroatoms. The summed E-state index contributed by atoms with van der Waals surface area (Å²) in [6.07, 6.45) is 4.53. The van der Waals surface area contributed by atoms with Crippen LogP contribution in [0, 0.1) is 0 Å². The number of thioether (sulfide) groups is 1. The third-order valence-corrected chi connectivity index (χ3v) is 7.36. The van der Waals surface area contributed by atoms with E-state index >= 15 is 0 Å². The summed E-state index contributed by atoms with van der Waals surface area (Å²) in [5.74, 6) is 2.78. The predicted molar refractivity (Wildman–Crippen MR) is 121 cm³/mol. The van der Waals surface area contributed by atoms with Crippen molar-refractivity contribution in [1.82, 2.24) is 26.1 Å². The second-order valence-electron chi connectivity index (χ2n) is 8.49. The molecule has 0 radical (unpaired) electrons. The Hall–Kier alpha value is -3.71. The fourth-order valence-electron chi connectivity index (χ4n) is 4.15. The summed E-state index contributed by atoms with van der Waals surface area (Å²) in [5.41, 5.74) is 3.04. The van der Waals surface area contributed by atoms with E-state index in [1.807, 2.05) is 0 Å². The number of nitrogens with zero attached hydrogens (tertiary/aromatic N) is 2. The van der Waals surface area contributed by atoms with E-state index in [0.29, 0.717) is 5.56 Å². The Morgan fingerprint density at radius 2 is 1.91 bits per heavy atom. The molecule has 0 spiro atoms. The molecule has 3 aliphatic rings. The summed E-state index contributed by atoms with van der Waals surface area (Å²) in [4.78, 5) is 51.8. The highest BCUT2D eigenvalue weighted by Crippen LogP contribution is 2.50. The first-order valence-electron chi connectivity index (χ1n) is 10.3. The minimum Gasteiger partial charge on any atom is -0.508 e. The summed E-state index contributed by atoms with van der Waals surface area (Å²) in [6, 6.07) is 2.50. The average molecular weight is 489 g/mol. The second kappa shape index (κ2) is 8.57. The number of amides is 3. The third-order valence-electron chi connectivity index (χ3n) is 5.79. The van der Waals surface area contributed by atoms with Crippen LogP contribution in [0.25, 0.3) is 0 Å². The molecule has 3 aliphatic heterocycles. The standard InChI is InChI=1S/C21H24N6O6S/c1-21(2)15(20(32)33)26-18(31)14(19(26)34-21)25-17(30)13(10-5-7-11(28)8-6-10)24-16(29)12-4-3-9-23-27(12)22/h3-9,13-15,19,23,28H,22H2,1-2H3,(H,24,29)(H,25,30)(H,32,33)/t13?,14-,15+,19-/m1/s1. The van der Waals surface area contributed by atoms with Crippen LogP contribution in [-0.2, 0) is 19.2 Å². The van der Waals surface area contributed by atoms with Crippen molar-refractivity contribution >= 4 is 35.5 Å². The number of aliphatic carboxylic acids is 1. The molecule has 4 atom stereocenters. The van der Waals surface area contributed by atoms with E-state index in [1.54, 1.807) is 19.9 Å². The Morgan fingerprint density at radius 1 is 1.24 bits per heavy atom. The maximum atomic E-state index is 13.3. The molecule has 0 saturated carbocycles. The number of carboxylic acids is 1. The van der Waals surface area contributed by atoms with Gasteiger partial charge in [0.05, 0.1) is 0 Å². The molecule has 3 heterocycles. The van der Waals surface area contributed by atoms with Crippen LogP contribution in [-0.4, -0.2) is 66.1 Å². The molecule has 4 rings (SSSR count). The molecule has 1 aromatic carbocycles. The van der Waals surface area contributed by atoms with Crippen molar-refractivity contribution in [2.75, 3.05) is 0 Å². The van der Waals surface area contributed by atoms with E-state index in [2.05, 4.69) is 16.1 Å². The maximum Gasteiger partial charge on any atom is 0.327 e. The van der Waals surface area contributed by atoms with E-state index in [1.165, 1.54) is 53.2 Å². The molecular formula is C21H24N6O6S. The lowest BCUT2D eigenvalue weighted by molar-refractivity contribution is -0.161. The lowest BCUT2D eigenvalue weighted by Gasteiger charge is -2.44. The number of hydrogen-bond acceptors (Lipinski definition) is 9. The number of phenolic OH excluding ortho intramolecular Hbond substituents is 1. The zero-order valence-corrected chi connectivity index (χ0v) is 19.1. The van der Waals surface area contributed by atoms with Crippen LogP contribution < -0.4 is 21.9 Å². The lowest BCUT2D eigenvalue weighted by atomic mass is 9.95. The molecule has 180 valence electrons. The van der Waals surface area contributed by atoms with Crippen LogP contribution in [0.15, 0.2) is 48.3 Å². The number of aromatic hydroxyl groups is 1. The number of phenols is 1. The van der Waals surface area contributed by atoms with Crippen molar-refractivity contribution in [2.45, 2.75) is 42.1 Å². The van der Waals surface area contributed by atoms with Gasteiger partial charge in [-0.25, -0.2) is 15.8 Å². The average Bonchev–Trinajstić information content (AvgIpc) is 3.04. The van der Waals surface area contributed by atoms with Crippen LogP contribution >= 0.6 is 11.8 Å². The zero-order valence-electron chi connectivity index (χ0n) is 18.3. The van der Waals surface area contributed by atoms with Gasteiger partial charge in [-0.05, 0) is 43.7 Å². The van der Waals surface area contributed by atoms with Gasteiger partial charge in [0.2, 0.25) is 11.8 Å². The van der Waals surface area contributed by atoms with Crippen LogP contribution in [0.4, 0.5) is 0 Å². The first-order valence-corrected chi connectivity index (χ1v) is 11.2. The summed E-state index contributed by atoms with van der Waals surface area (Å²) < 4.78 is -0.741. The van der Waals surface area contributed by atoms with Crippen LogP contribution in [0.3, 0.4) is 0 Å². The van der Waals surface area contributed by atoms with Crippen molar-refractivity contribution in [1.29, 1.82) is 0 Å². The molecule has 34 heavy (non-hydrogen) atoms. The number of fused-ring (bicyclic) bond motifs is 1. The molecule has 2 saturated heterocycles. The molecule has 0 bridgehead atoms. The van der Waals surface area contributed by atoms with Crippen LogP contribution in [0.2, 0.25) is 0 Å². The lowest BCUT2D eigenvalue weighted by Crippen LogP contribution is -2.71. The number of β-lactam (4-membered cyclic amide) rings is 1. The number of carbonyl (C=O) groups is 4. The van der Waals surface area contributed by atoms with E-state index in [0.717, 1.165) is 5.12 Å². The van der Waals surface area contributed by atoms with Crippen molar-refractivity contribution < 1.29 is 29.4 Å². The summed E-state index contributed by atoms with van der Waals surface area (Å²) in [5, 5.41) is 24.9. The monoisotopic (exact) mass is 488 g/mol. The molecule has 1 aromatic rings. The van der Waals surface area contributed by atoms with E-state index in [-0.39, 0.29) is 11.4 Å². The molecule has 0 aromatic heterocycles. The van der Waals surface area contributed by atoms with Crippen LogP contribution in [0.1, 0.15) is 25.5 Å². The predicted octanol–water partition coefficient (Wildman–Crippen LogP) is -0.727. The molecule has 2 fully saturated rings. The highest BCUT2D eigenvalue weighted by Gasteiger charge is 2.64. The Morgan fingerprint density at radius 3 is 2.53 bits per heavy atom. The highest BCUT2D eigenvalue weighted by atomic mass is 32.2. The number of hydrogen-bond donors (Lipinski definition) is 6. The molecule has 0 aliphatic carbocycles. The van der Waals surface area contributed by atoms with Gasteiger partial charge < -0.3 is 25.7 Å². The van der Waals surface area contributed by atoms with E-state index < -0.39 is 51.9 Å². The zero-order chi connectivity index (χ0) is 24.8. The van der Waals surface area contributed by atoms with Gasteiger partial charge in [-0.15, -0.1) is 11.8 Å². The van der Waals surface area contributed by atoms with E-state index in [9.17, 15) is 29.4 Å². The Bertz CT molecular complexity index is 1100. The highest BCUT2D eigenvalue weighted by molar-refractivity contribution is 8.01. The fourth-order valence-corrected chi connectivity index (χ4v) is 5.78. The summed E-state index contributed by atoms with van der Waals surface area (Å²) in [7, 11) is 0. The van der Waals surface area contributed by atoms with Gasteiger partial charge in [0.15, 0.2) is 0 Å². The number of benzene rings is 1. The number of nitrogens with one attached hydrogen (secondary N) is 3.